The third-order valence-electron chi connectivity index (χ3n) is 4.34. The van der Waals surface area contributed by atoms with Gasteiger partial charge in [-0.15, -0.1) is 0 Å². The number of rotatable bonds is 1. The second kappa shape index (κ2) is 4.34. The van der Waals surface area contributed by atoms with Gasteiger partial charge >= 0.3 is 0 Å². The van der Waals surface area contributed by atoms with Crippen LogP contribution in [0.5, 0.6) is 0 Å². The van der Waals surface area contributed by atoms with Gasteiger partial charge in [-0.2, -0.15) is 4.57 Å². The quantitative estimate of drug-likeness (QED) is 0.667. The van der Waals surface area contributed by atoms with Crippen molar-refractivity contribution in [3.63, 3.8) is 0 Å². The molecule has 0 spiro atoms. The summed E-state index contributed by atoms with van der Waals surface area (Å²) in [5.74, 6) is 0. The van der Waals surface area contributed by atoms with Crippen molar-refractivity contribution in [2.45, 2.75) is 33.2 Å². The lowest BCUT2D eigenvalue weighted by Crippen LogP contribution is -2.44. The summed E-state index contributed by atoms with van der Waals surface area (Å²) in [4.78, 5) is 0. The van der Waals surface area contributed by atoms with Crippen molar-refractivity contribution in [2.75, 3.05) is 0 Å². The molecule has 19 heavy (non-hydrogen) atoms. The fraction of sp³-hybridized carbons (Fsp3) is 0.278. The van der Waals surface area contributed by atoms with E-state index < -0.39 is 0 Å². The summed E-state index contributed by atoms with van der Waals surface area (Å²) in [5.41, 5.74) is 7.94. The Morgan fingerprint density at radius 3 is 2.47 bits per heavy atom. The molecule has 96 valence electrons. The Bertz CT molecular complexity index is 667. The Morgan fingerprint density at radius 1 is 1.11 bits per heavy atom. The van der Waals surface area contributed by atoms with Gasteiger partial charge in [-0.25, -0.2) is 0 Å². The van der Waals surface area contributed by atoms with Gasteiger partial charge in [0, 0.05) is 23.6 Å². The van der Waals surface area contributed by atoms with Crippen molar-refractivity contribution >= 4 is 5.57 Å². The number of hydrogen-bond donors (Lipinski definition) is 0. The molecule has 0 radical (unpaired) electrons. The van der Waals surface area contributed by atoms with Crippen molar-refractivity contribution in [1.82, 2.24) is 0 Å². The first-order valence-corrected chi connectivity index (χ1v) is 6.95. The smallest absolute Gasteiger partial charge is 0.191 e. The number of allylic oxidation sites excluding steroid dienone is 1. The largest absolute Gasteiger partial charge is 0.216 e. The van der Waals surface area contributed by atoms with Crippen LogP contribution in [0.25, 0.3) is 16.8 Å². The molecule has 1 atom stereocenters. The van der Waals surface area contributed by atoms with Gasteiger partial charge in [0.15, 0.2) is 12.2 Å². The highest BCUT2D eigenvalue weighted by Crippen LogP contribution is 2.38. The molecular formula is C18H20N+. The molecule has 1 unspecified atom stereocenters. The van der Waals surface area contributed by atoms with Gasteiger partial charge in [0.25, 0.3) is 0 Å². The minimum atomic E-state index is 0.379. The van der Waals surface area contributed by atoms with E-state index in [0.717, 1.165) is 6.42 Å². The lowest BCUT2D eigenvalue weighted by Gasteiger charge is -2.25. The molecule has 1 aromatic carbocycles. The predicted octanol–water partition coefficient (Wildman–Crippen LogP) is 4.24. The van der Waals surface area contributed by atoms with Crippen LogP contribution in [-0.2, 0) is 0 Å². The molecule has 1 nitrogen and oxygen atoms in total. The topological polar surface area (TPSA) is 3.88 Å². The third kappa shape index (κ3) is 1.65. The van der Waals surface area contributed by atoms with Crippen LogP contribution < -0.4 is 4.57 Å². The zero-order valence-corrected chi connectivity index (χ0v) is 11.9. The van der Waals surface area contributed by atoms with Crippen molar-refractivity contribution in [3.05, 3.63) is 59.8 Å². The van der Waals surface area contributed by atoms with E-state index in [1.165, 1.54) is 33.5 Å². The van der Waals surface area contributed by atoms with E-state index >= 15 is 0 Å². The Kier molecular flexibility index (Phi) is 2.78. The number of aromatic nitrogens is 1. The maximum absolute atomic E-state index is 4.34. The number of pyridine rings is 1. The molecule has 0 N–H and O–H groups in total. The van der Waals surface area contributed by atoms with E-state index in [2.05, 4.69) is 68.4 Å². The first kappa shape index (κ1) is 12.2. The Balaban J connectivity index is 2.40. The van der Waals surface area contributed by atoms with Crippen molar-refractivity contribution in [2.24, 2.45) is 0 Å². The minimum absolute atomic E-state index is 0.379. The summed E-state index contributed by atoms with van der Waals surface area (Å²) in [6.45, 7) is 11.0. The van der Waals surface area contributed by atoms with Gasteiger partial charge in [-0.1, -0.05) is 31.7 Å². The molecule has 3 rings (SSSR count). The first-order chi connectivity index (χ1) is 9.15. The molecule has 1 aliphatic rings. The summed E-state index contributed by atoms with van der Waals surface area (Å²) < 4.78 is 2.40. The number of hydrogen-bond acceptors (Lipinski definition) is 0. The van der Waals surface area contributed by atoms with Crippen LogP contribution in [0.3, 0.4) is 0 Å². The van der Waals surface area contributed by atoms with E-state index in [1.807, 2.05) is 0 Å². The van der Waals surface area contributed by atoms with Crippen LogP contribution in [0.1, 0.15) is 36.1 Å². The predicted molar refractivity (Wildman–Crippen MR) is 79.9 cm³/mol. The molecule has 0 aliphatic carbocycles. The van der Waals surface area contributed by atoms with Crippen LogP contribution in [-0.4, -0.2) is 0 Å². The number of nitrogens with zero attached hydrogens (tertiary/aromatic N) is 1. The zero-order valence-electron chi connectivity index (χ0n) is 11.9. The maximum atomic E-state index is 4.34. The van der Waals surface area contributed by atoms with Crippen LogP contribution >= 0.6 is 0 Å². The van der Waals surface area contributed by atoms with Gasteiger partial charge in [0.2, 0.25) is 5.69 Å². The van der Waals surface area contributed by atoms with E-state index in [4.69, 9.17) is 0 Å². The van der Waals surface area contributed by atoms with Crippen LogP contribution in [0.4, 0.5) is 0 Å². The molecule has 1 aliphatic heterocycles. The number of benzene rings is 1. The molecule has 0 saturated heterocycles. The van der Waals surface area contributed by atoms with Gasteiger partial charge in [0.05, 0.1) is 5.56 Å². The molecule has 1 heteroatoms. The summed E-state index contributed by atoms with van der Waals surface area (Å²) >= 11 is 0. The lowest BCUT2D eigenvalue weighted by atomic mass is 9.86. The highest BCUT2D eigenvalue weighted by molar-refractivity contribution is 5.82. The van der Waals surface area contributed by atoms with Crippen LogP contribution in [0.2, 0.25) is 0 Å². The molecule has 0 saturated carbocycles. The number of fused-ring (bicyclic) bond motifs is 3. The van der Waals surface area contributed by atoms with Crippen molar-refractivity contribution in [3.8, 4) is 11.3 Å². The van der Waals surface area contributed by atoms with E-state index in [9.17, 15) is 0 Å². The molecule has 2 heterocycles. The summed E-state index contributed by atoms with van der Waals surface area (Å²) in [6, 6.07) is 11.2. The van der Waals surface area contributed by atoms with E-state index in [1.54, 1.807) is 0 Å². The standard InChI is InChI=1S/C18H20N/c1-5-17-14(4)15-8-6-7-9-16(15)18-13(3)12(2)10-11-19(17)18/h6-11,17H,4-5H2,1-3H3/q+1. The van der Waals surface area contributed by atoms with Gasteiger partial charge in [0.1, 0.15) is 0 Å². The molecule has 0 amide bonds. The van der Waals surface area contributed by atoms with Crippen LogP contribution in [0, 0.1) is 13.8 Å². The average molecular weight is 250 g/mol. The van der Waals surface area contributed by atoms with Gasteiger partial charge < -0.3 is 0 Å². The highest BCUT2D eigenvalue weighted by Gasteiger charge is 2.34. The fourth-order valence-electron chi connectivity index (χ4n) is 3.13. The van der Waals surface area contributed by atoms with E-state index in [-0.39, 0.29) is 0 Å². The first-order valence-electron chi connectivity index (χ1n) is 6.95. The zero-order chi connectivity index (χ0) is 13.6. The Hall–Kier alpha value is -1.89. The molecule has 1 aromatic heterocycles. The number of aryl methyl sites for hydroxylation is 1. The third-order valence-corrected chi connectivity index (χ3v) is 4.34. The fourth-order valence-corrected chi connectivity index (χ4v) is 3.13. The molecular weight excluding hydrogens is 230 g/mol. The normalized spacial score (nSPS) is 17.0. The SMILES string of the molecule is C=C1c2ccccc2-c2c(C)c(C)cc[n+]2C1CC. The monoisotopic (exact) mass is 250 g/mol. The maximum Gasteiger partial charge on any atom is 0.216 e. The van der Waals surface area contributed by atoms with Gasteiger partial charge in [-0.05, 0) is 31.0 Å². The second-order valence-electron chi connectivity index (χ2n) is 5.37. The average Bonchev–Trinajstić information content (AvgIpc) is 2.43. The van der Waals surface area contributed by atoms with Gasteiger partial charge in [-0.3, -0.25) is 0 Å². The summed E-state index contributed by atoms with van der Waals surface area (Å²) in [7, 11) is 0. The molecule has 2 aromatic rings. The Labute approximate surface area is 115 Å². The molecule has 0 fully saturated rings. The highest BCUT2D eigenvalue weighted by atomic mass is 15.0. The summed E-state index contributed by atoms with van der Waals surface area (Å²) in [6.07, 6.45) is 3.29. The summed E-state index contributed by atoms with van der Waals surface area (Å²) in [5, 5.41) is 0. The molecule has 0 bridgehead atoms. The van der Waals surface area contributed by atoms with Crippen LogP contribution in [0.15, 0.2) is 43.1 Å². The Morgan fingerprint density at radius 2 is 1.79 bits per heavy atom. The van der Waals surface area contributed by atoms with E-state index in [0.29, 0.717) is 6.04 Å². The van der Waals surface area contributed by atoms with Crippen molar-refractivity contribution in [1.29, 1.82) is 0 Å². The second-order valence-corrected chi connectivity index (χ2v) is 5.37. The minimum Gasteiger partial charge on any atom is -0.191 e. The lowest BCUT2D eigenvalue weighted by molar-refractivity contribution is -0.700. The van der Waals surface area contributed by atoms with Crippen molar-refractivity contribution < 1.29 is 4.57 Å².